The zero-order valence-corrected chi connectivity index (χ0v) is 13.5. The van der Waals surface area contributed by atoms with Crippen LogP contribution in [0.1, 0.15) is 27.3 Å². The first-order chi connectivity index (χ1) is 10.0. The van der Waals surface area contributed by atoms with Crippen LogP contribution in [0, 0.1) is 13.8 Å². The predicted octanol–water partition coefficient (Wildman–Crippen LogP) is 2.55. The zero-order chi connectivity index (χ0) is 15.4. The average Bonchev–Trinajstić information content (AvgIpc) is 2.73. The van der Waals surface area contributed by atoms with Gasteiger partial charge in [-0.3, -0.25) is 4.68 Å². The molecule has 0 atom stereocenters. The Kier molecular flexibility index (Phi) is 5.01. The maximum Gasteiger partial charge on any atom is 0.338 e. The second-order valence-corrected chi connectivity index (χ2v) is 5.57. The number of aryl methyl sites for hydroxylation is 2. The van der Waals surface area contributed by atoms with Crippen LogP contribution in [-0.4, -0.2) is 33.6 Å². The highest BCUT2D eigenvalue weighted by Crippen LogP contribution is 2.15. The maximum atomic E-state index is 12.0. The quantitative estimate of drug-likeness (QED) is 0.627. The first-order valence-electron chi connectivity index (χ1n) is 6.69. The highest BCUT2D eigenvalue weighted by atomic mass is 32.2. The standard InChI is InChI=1S/C15H19N3O2S/c1-10-13(11(2)18(3)17-10)6-8-20-15(19)12-5-7-16-14(9-12)21-4/h5,7,9H,6,8H2,1-4H3. The summed E-state index contributed by atoms with van der Waals surface area (Å²) in [6, 6.07) is 3.41. The first kappa shape index (κ1) is 15.6. The van der Waals surface area contributed by atoms with Crippen molar-refractivity contribution >= 4 is 17.7 Å². The minimum Gasteiger partial charge on any atom is -0.462 e. The van der Waals surface area contributed by atoms with E-state index in [0.717, 1.165) is 22.0 Å². The molecule has 0 aliphatic carbocycles. The molecule has 0 aliphatic rings. The Labute approximate surface area is 128 Å². The minimum absolute atomic E-state index is 0.313. The molecule has 0 spiro atoms. The van der Waals surface area contributed by atoms with E-state index >= 15 is 0 Å². The molecule has 2 heterocycles. The SMILES string of the molecule is CSc1cc(C(=O)OCCc2c(C)nn(C)c2C)ccn1. The third-order valence-corrected chi connectivity index (χ3v) is 4.07. The summed E-state index contributed by atoms with van der Waals surface area (Å²) in [6.07, 6.45) is 4.22. The van der Waals surface area contributed by atoms with Gasteiger partial charge in [-0.15, -0.1) is 11.8 Å². The second kappa shape index (κ2) is 6.76. The summed E-state index contributed by atoms with van der Waals surface area (Å²) < 4.78 is 7.19. The Bertz CT molecular complexity index is 652. The van der Waals surface area contributed by atoms with E-state index in [4.69, 9.17) is 4.74 Å². The fourth-order valence-corrected chi connectivity index (χ4v) is 2.57. The Morgan fingerprint density at radius 2 is 2.19 bits per heavy atom. The molecule has 0 unspecified atom stereocenters. The Morgan fingerprint density at radius 1 is 1.43 bits per heavy atom. The lowest BCUT2D eigenvalue weighted by Gasteiger charge is -2.06. The van der Waals surface area contributed by atoms with Gasteiger partial charge in [0.05, 0.1) is 22.9 Å². The first-order valence-corrected chi connectivity index (χ1v) is 7.91. The van der Waals surface area contributed by atoms with Gasteiger partial charge in [-0.05, 0) is 37.8 Å². The highest BCUT2D eigenvalue weighted by Gasteiger charge is 2.12. The van der Waals surface area contributed by atoms with Crippen LogP contribution >= 0.6 is 11.8 Å². The number of thioether (sulfide) groups is 1. The molecule has 2 aromatic rings. The smallest absolute Gasteiger partial charge is 0.338 e. The number of esters is 1. The second-order valence-electron chi connectivity index (χ2n) is 4.75. The van der Waals surface area contributed by atoms with Gasteiger partial charge >= 0.3 is 5.97 Å². The Hall–Kier alpha value is -1.82. The summed E-state index contributed by atoms with van der Waals surface area (Å²) in [4.78, 5) is 16.1. The van der Waals surface area contributed by atoms with Gasteiger partial charge in [-0.25, -0.2) is 9.78 Å². The normalized spacial score (nSPS) is 10.7. The molecular formula is C15H19N3O2S. The number of pyridine rings is 1. The summed E-state index contributed by atoms with van der Waals surface area (Å²) in [5.74, 6) is -0.313. The minimum atomic E-state index is -0.313. The molecule has 0 saturated heterocycles. The van der Waals surface area contributed by atoms with Crippen LogP contribution in [0.2, 0.25) is 0 Å². The van der Waals surface area contributed by atoms with Gasteiger partial charge in [0.1, 0.15) is 0 Å². The summed E-state index contributed by atoms with van der Waals surface area (Å²) >= 11 is 1.50. The number of hydrogen-bond acceptors (Lipinski definition) is 5. The van der Waals surface area contributed by atoms with Gasteiger partial charge in [-0.2, -0.15) is 5.10 Å². The predicted molar refractivity (Wildman–Crippen MR) is 82.7 cm³/mol. The molecule has 21 heavy (non-hydrogen) atoms. The summed E-state index contributed by atoms with van der Waals surface area (Å²) in [6.45, 7) is 4.34. The van der Waals surface area contributed by atoms with Crippen molar-refractivity contribution in [2.45, 2.75) is 25.3 Å². The summed E-state index contributed by atoms with van der Waals surface area (Å²) in [5, 5.41) is 5.16. The molecule has 0 aliphatic heterocycles. The lowest BCUT2D eigenvalue weighted by Crippen LogP contribution is -2.09. The molecule has 112 valence electrons. The fourth-order valence-electron chi connectivity index (χ4n) is 2.16. The summed E-state index contributed by atoms with van der Waals surface area (Å²) in [7, 11) is 1.92. The Morgan fingerprint density at radius 3 is 2.81 bits per heavy atom. The van der Waals surface area contributed by atoms with Gasteiger partial charge in [0.25, 0.3) is 0 Å². The van der Waals surface area contributed by atoms with Crippen molar-refractivity contribution in [1.82, 2.24) is 14.8 Å². The third kappa shape index (κ3) is 3.64. The molecule has 0 radical (unpaired) electrons. The lowest BCUT2D eigenvalue weighted by atomic mass is 10.1. The lowest BCUT2D eigenvalue weighted by molar-refractivity contribution is 0.0508. The number of ether oxygens (including phenoxy) is 1. The molecule has 0 aromatic carbocycles. The number of carbonyl (C=O) groups is 1. The van der Waals surface area contributed by atoms with E-state index in [2.05, 4.69) is 10.1 Å². The zero-order valence-electron chi connectivity index (χ0n) is 12.7. The van der Waals surface area contributed by atoms with Crippen LogP contribution < -0.4 is 0 Å². The monoisotopic (exact) mass is 305 g/mol. The number of nitrogens with zero attached hydrogens (tertiary/aromatic N) is 3. The molecular weight excluding hydrogens is 286 g/mol. The molecule has 0 amide bonds. The molecule has 2 aromatic heterocycles. The van der Waals surface area contributed by atoms with E-state index in [1.54, 1.807) is 18.3 Å². The number of hydrogen-bond donors (Lipinski definition) is 0. The van der Waals surface area contributed by atoms with E-state index in [1.165, 1.54) is 11.8 Å². The maximum absolute atomic E-state index is 12.0. The number of carbonyl (C=O) groups excluding carboxylic acids is 1. The Balaban J connectivity index is 1.95. The van der Waals surface area contributed by atoms with E-state index in [-0.39, 0.29) is 5.97 Å². The van der Waals surface area contributed by atoms with Crippen LogP contribution in [-0.2, 0) is 18.2 Å². The van der Waals surface area contributed by atoms with Crippen LogP contribution in [0.5, 0.6) is 0 Å². The topological polar surface area (TPSA) is 57.0 Å². The van der Waals surface area contributed by atoms with E-state index in [0.29, 0.717) is 18.6 Å². The number of rotatable bonds is 5. The largest absolute Gasteiger partial charge is 0.462 e. The van der Waals surface area contributed by atoms with Crippen molar-refractivity contribution in [2.24, 2.45) is 7.05 Å². The highest BCUT2D eigenvalue weighted by molar-refractivity contribution is 7.98. The average molecular weight is 305 g/mol. The molecule has 0 fully saturated rings. The van der Waals surface area contributed by atoms with E-state index in [9.17, 15) is 4.79 Å². The van der Waals surface area contributed by atoms with Gasteiger partial charge < -0.3 is 4.74 Å². The van der Waals surface area contributed by atoms with Crippen molar-refractivity contribution in [1.29, 1.82) is 0 Å². The third-order valence-electron chi connectivity index (χ3n) is 3.42. The van der Waals surface area contributed by atoms with Crippen molar-refractivity contribution in [3.63, 3.8) is 0 Å². The van der Waals surface area contributed by atoms with Gasteiger partial charge in [0.15, 0.2) is 0 Å². The molecule has 0 bridgehead atoms. The molecule has 5 nitrogen and oxygen atoms in total. The fraction of sp³-hybridized carbons (Fsp3) is 0.400. The molecule has 6 heteroatoms. The number of aromatic nitrogens is 3. The van der Waals surface area contributed by atoms with Crippen molar-refractivity contribution in [2.75, 3.05) is 12.9 Å². The van der Waals surface area contributed by atoms with Crippen LogP contribution in [0.15, 0.2) is 23.4 Å². The van der Waals surface area contributed by atoms with E-state index < -0.39 is 0 Å². The van der Waals surface area contributed by atoms with Crippen molar-refractivity contribution < 1.29 is 9.53 Å². The van der Waals surface area contributed by atoms with Crippen molar-refractivity contribution in [3.05, 3.63) is 40.8 Å². The molecule has 0 saturated carbocycles. The van der Waals surface area contributed by atoms with E-state index in [1.807, 2.05) is 31.8 Å². The van der Waals surface area contributed by atoms with Gasteiger partial charge in [0.2, 0.25) is 0 Å². The van der Waals surface area contributed by atoms with Crippen LogP contribution in [0.4, 0.5) is 0 Å². The molecule has 2 rings (SSSR count). The summed E-state index contributed by atoms with van der Waals surface area (Å²) in [5.41, 5.74) is 3.77. The molecule has 0 N–H and O–H groups in total. The van der Waals surface area contributed by atoms with Gasteiger partial charge in [0, 0.05) is 25.4 Å². The van der Waals surface area contributed by atoms with Gasteiger partial charge in [-0.1, -0.05) is 0 Å². The van der Waals surface area contributed by atoms with Crippen molar-refractivity contribution in [3.8, 4) is 0 Å². The van der Waals surface area contributed by atoms with Crippen LogP contribution in [0.25, 0.3) is 0 Å². The van der Waals surface area contributed by atoms with Crippen LogP contribution in [0.3, 0.4) is 0 Å².